The van der Waals surface area contributed by atoms with Crippen molar-refractivity contribution >= 4 is 23.4 Å². The molecular formula is C9H8ClNS. The van der Waals surface area contributed by atoms with Crippen molar-refractivity contribution in [2.24, 2.45) is 0 Å². The summed E-state index contributed by atoms with van der Waals surface area (Å²) in [5.74, 6) is 0. The van der Waals surface area contributed by atoms with Crippen LogP contribution in [0.5, 0.6) is 0 Å². The van der Waals surface area contributed by atoms with Crippen molar-refractivity contribution in [2.45, 2.75) is 11.8 Å². The average molecular weight is 198 g/mol. The fraction of sp³-hybridized carbons (Fsp3) is 0.222. The summed E-state index contributed by atoms with van der Waals surface area (Å²) < 4.78 is 0. The van der Waals surface area contributed by atoms with Crippen molar-refractivity contribution in [1.29, 1.82) is 5.26 Å². The predicted molar refractivity (Wildman–Crippen MR) is 52.7 cm³/mol. The van der Waals surface area contributed by atoms with Gasteiger partial charge in [0.15, 0.2) is 0 Å². The lowest BCUT2D eigenvalue weighted by atomic mass is 10.1. The first-order valence-electron chi connectivity index (χ1n) is 3.44. The molecular weight excluding hydrogens is 190 g/mol. The zero-order valence-corrected chi connectivity index (χ0v) is 8.46. The number of benzene rings is 1. The first-order chi connectivity index (χ1) is 5.70. The van der Waals surface area contributed by atoms with Gasteiger partial charge in [0.05, 0.1) is 5.56 Å². The lowest BCUT2D eigenvalue weighted by molar-refractivity contribution is 1.27. The van der Waals surface area contributed by atoms with E-state index in [2.05, 4.69) is 6.07 Å². The Labute approximate surface area is 81.3 Å². The van der Waals surface area contributed by atoms with Crippen LogP contribution in [-0.2, 0) is 0 Å². The summed E-state index contributed by atoms with van der Waals surface area (Å²) in [6.07, 6.45) is 1.94. The molecule has 0 saturated carbocycles. The smallest absolute Gasteiger partial charge is 0.100 e. The number of nitrogens with zero attached hydrogens (tertiary/aromatic N) is 1. The molecule has 0 aliphatic carbocycles. The molecule has 0 radical (unpaired) electrons. The Morgan fingerprint density at radius 3 is 2.67 bits per heavy atom. The minimum atomic E-state index is 0.699. The van der Waals surface area contributed by atoms with Gasteiger partial charge in [0, 0.05) is 9.92 Å². The third-order valence-electron chi connectivity index (χ3n) is 1.66. The van der Waals surface area contributed by atoms with Crippen LogP contribution in [0.15, 0.2) is 17.0 Å². The van der Waals surface area contributed by atoms with Crippen molar-refractivity contribution in [3.8, 4) is 6.07 Å². The van der Waals surface area contributed by atoms with Gasteiger partial charge in [0.2, 0.25) is 0 Å². The normalized spacial score (nSPS) is 9.50. The molecule has 0 amide bonds. The van der Waals surface area contributed by atoms with Crippen molar-refractivity contribution in [3.05, 3.63) is 28.3 Å². The van der Waals surface area contributed by atoms with Gasteiger partial charge in [0.25, 0.3) is 0 Å². The predicted octanol–water partition coefficient (Wildman–Crippen LogP) is 3.24. The molecule has 12 heavy (non-hydrogen) atoms. The Kier molecular flexibility index (Phi) is 3.02. The van der Waals surface area contributed by atoms with Crippen molar-refractivity contribution in [2.75, 3.05) is 6.26 Å². The van der Waals surface area contributed by atoms with Gasteiger partial charge in [-0.05, 0) is 30.9 Å². The van der Waals surface area contributed by atoms with Crippen LogP contribution in [0.3, 0.4) is 0 Å². The second-order valence-corrected chi connectivity index (χ2v) is 3.59. The number of halogens is 1. The molecule has 0 N–H and O–H groups in total. The van der Waals surface area contributed by atoms with E-state index in [0.717, 1.165) is 15.5 Å². The Morgan fingerprint density at radius 2 is 2.17 bits per heavy atom. The molecule has 1 rings (SSSR count). The molecule has 0 aliphatic rings. The Hall–Kier alpha value is -0.650. The molecule has 0 atom stereocenters. The van der Waals surface area contributed by atoms with Crippen LogP contribution < -0.4 is 0 Å². The van der Waals surface area contributed by atoms with Gasteiger partial charge in [-0.1, -0.05) is 11.6 Å². The second kappa shape index (κ2) is 3.84. The summed E-state index contributed by atoms with van der Waals surface area (Å²) in [7, 11) is 0. The van der Waals surface area contributed by atoms with E-state index in [1.54, 1.807) is 23.9 Å². The molecule has 0 unspecified atom stereocenters. The van der Waals surface area contributed by atoms with Gasteiger partial charge in [-0.3, -0.25) is 0 Å². The number of nitriles is 1. The van der Waals surface area contributed by atoms with E-state index in [9.17, 15) is 0 Å². The van der Waals surface area contributed by atoms with Gasteiger partial charge < -0.3 is 0 Å². The van der Waals surface area contributed by atoms with Crippen LogP contribution in [0.2, 0.25) is 5.02 Å². The van der Waals surface area contributed by atoms with Crippen LogP contribution in [0, 0.1) is 18.3 Å². The zero-order valence-electron chi connectivity index (χ0n) is 6.89. The Bertz CT molecular complexity index is 341. The lowest BCUT2D eigenvalue weighted by Crippen LogP contribution is -1.86. The van der Waals surface area contributed by atoms with Gasteiger partial charge in [-0.25, -0.2) is 0 Å². The summed E-state index contributed by atoms with van der Waals surface area (Å²) in [5, 5.41) is 9.48. The van der Waals surface area contributed by atoms with Gasteiger partial charge in [-0.2, -0.15) is 5.26 Å². The van der Waals surface area contributed by atoms with E-state index in [-0.39, 0.29) is 0 Å². The highest BCUT2D eigenvalue weighted by atomic mass is 35.5. The van der Waals surface area contributed by atoms with E-state index < -0.39 is 0 Å². The van der Waals surface area contributed by atoms with Gasteiger partial charge in [0.1, 0.15) is 6.07 Å². The summed E-state index contributed by atoms with van der Waals surface area (Å²) in [4.78, 5) is 0.977. The fourth-order valence-corrected chi connectivity index (χ4v) is 1.98. The molecule has 0 heterocycles. The van der Waals surface area contributed by atoms with E-state index in [0.29, 0.717) is 5.56 Å². The molecule has 0 fully saturated rings. The number of thioether (sulfide) groups is 1. The molecule has 0 aliphatic heterocycles. The van der Waals surface area contributed by atoms with E-state index in [1.807, 2.05) is 13.2 Å². The quantitative estimate of drug-likeness (QED) is 0.646. The highest BCUT2D eigenvalue weighted by molar-refractivity contribution is 7.98. The van der Waals surface area contributed by atoms with Crippen LogP contribution >= 0.6 is 23.4 Å². The molecule has 0 saturated heterocycles. The Morgan fingerprint density at radius 1 is 1.50 bits per heavy atom. The van der Waals surface area contributed by atoms with Crippen molar-refractivity contribution in [1.82, 2.24) is 0 Å². The minimum Gasteiger partial charge on any atom is -0.192 e. The Balaban J connectivity index is 3.38. The molecule has 1 nitrogen and oxygen atoms in total. The van der Waals surface area contributed by atoms with Crippen LogP contribution in [0.4, 0.5) is 0 Å². The molecule has 1 aromatic rings. The molecule has 0 spiro atoms. The SMILES string of the molecule is CSc1c(C#N)ccc(Cl)c1C. The summed E-state index contributed by atoms with van der Waals surface area (Å²) in [6, 6.07) is 5.65. The largest absolute Gasteiger partial charge is 0.192 e. The summed E-state index contributed by atoms with van der Waals surface area (Å²) in [5.41, 5.74) is 1.69. The highest BCUT2D eigenvalue weighted by Gasteiger charge is 2.06. The second-order valence-electron chi connectivity index (χ2n) is 2.36. The topological polar surface area (TPSA) is 23.8 Å². The van der Waals surface area contributed by atoms with Crippen LogP contribution in [0.1, 0.15) is 11.1 Å². The zero-order chi connectivity index (χ0) is 9.14. The first kappa shape index (κ1) is 9.44. The maximum Gasteiger partial charge on any atom is 0.100 e. The van der Waals surface area contributed by atoms with Crippen molar-refractivity contribution in [3.63, 3.8) is 0 Å². The lowest BCUT2D eigenvalue weighted by Gasteiger charge is -2.05. The molecule has 62 valence electrons. The molecule has 0 aromatic heterocycles. The highest BCUT2D eigenvalue weighted by Crippen LogP contribution is 2.29. The summed E-state index contributed by atoms with van der Waals surface area (Å²) in [6.45, 7) is 1.93. The third-order valence-corrected chi connectivity index (χ3v) is 3.01. The first-order valence-corrected chi connectivity index (χ1v) is 5.04. The molecule has 0 bridgehead atoms. The van der Waals surface area contributed by atoms with Gasteiger partial charge in [-0.15, -0.1) is 11.8 Å². The minimum absolute atomic E-state index is 0.699. The van der Waals surface area contributed by atoms with E-state index >= 15 is 0 Å². The number of hydrogen-bond donors (Lipinski definition) is 0. The van der Waals surface area contributed by atoms with Crippen molar-refractivity contribution < 1.29 is 0 Å². The van der Waals surface area contributed by atoms with Gasteiger partial charge >= 0.3 is 0 Å². The standard InChI is InChI=1S/C9H8ClNS/c1-6-8(10)4-3-7(5-11)9(6)12-2/h3-4H,1-2H3. The van der Waals surface area contributed by atoms with Crippen LogP contribution in [-0.4, -0.2) is 6.26 Å². The number of rotatable bonds is 1. The van der Waals surface area contributed by atoms with E-state index in [1.165, 1.54) is 0 Å². The monoisotopic (exact) mass is 197 g/mol. The average Bonchev–Trinajstić information content (AvgIpc) is 2.09. The number of hydrogen-bond acceptors (Lipinski definition) is 2. The molecule has 3 heteroatoms. The van der Waals surface area contributed by atoms with Crippen LogP contribution in [0.25, 0.3) is 0 Å². The van der Waals surface area contributed by atoms with E-state index in [4.69, 9.17) is 16.9 Å². The maximum atomic E-state index is 8.76. The maximum absolute atomic E-state index is 8.76. The fourth-order valence-electron chi connectivity index (χ4n) is 1.02. The summed E-state index contributed by atoms with van der Waals surface area (Å²) >= 11 is 7.45. The third kappa shape index (κ3) is 1.57. The molecule has 1 aromatic carbocycles.